The standard InChI is InChI=1S/C14H16N2O5/c1-9-5-3-6-10(12(9)16(19)20)13(17)15-8-4-7-11(15)14(18)21-2/h3,5-6,11H,4,7-8H2,1-2H3. The second-order valence-corrected chi connectivity index (χ2v) is 4.91. The Balaban J connectivity index is 2.39. The van der Waals surface area contributed by atoms with E-state index in [1.54, 1.807) is 19.1 Å². The Morgan fingerprint density at radius 2 is 2.14 bits per heavy atom. The lowest BCUT2D eigenvalue weighted by atomic mass is 10.1. The average Bonchev–Trinajstić information content (AvgIpc) is 2.94. The molecule has 0 bridgehead atoms. The molecule has 1 fully saturated rings. The summed E-state index contributed by atoms with van der Waals surface area (Å²) in [5.74, 6) is -0.991. The second kappa shape index (κ2) is 5.90. The van der Waals surface area contributed by atoms with Crippen LogP contribution >= 0.6 is 0 Å². The van der Waals surface area contributed by atoms with Crippen molar-refractivity contribution >= 4 is 17.6 Å². The van der Waals surface area contributed by atoms with Gasteiger partial charge in [0.1, 0.15) is 11.6 Å². The highest BCUT2D eigenvalue weighted by Gasteiger charge is 2.37. The van der Waals surface area contributed by atoms with Crippen molar-refractivity contribution in [1.82, 2.24) is 4.90 Å². The van der Waals surface area contributed by atoms with Crippen molar-refractivity contribution in [2.45, 2.75) is 25.8 Å². The van der Waals surface area contributed by atoms with Crippen LogP contribution in [-0.4, -0.2) is 41.4 Å². The number of aryl methyl sites for hydroxylation is 1. The minimum absolute atomic E-state index is 0.0100. The van der Waals surface area contributed by atoms with Gasteiger partial charge < -0.3 is 9.64 Å². The Morgan fingerprint density at radius 1 is 1.43 bits per heavy atom. The minimum Gasteiger partial charge on any atom is -0.467 e. The van der Waals surface area contributed by atoms with Crippen molar-refractivity contribution in [1.29, 1.82) is 0 Å². The summed E-state index contributed by atoms with van der Waals surface area (Å²) in [6.07, 6.45) is 1.18. The van der Waals surface area contributed by atoms with E-state index in [1.807, 2.05) is 0 Å². The predicted molar refractivity (Wildman–Crippen MR) is 73.9 cm³/mol. The maximum Gasteiger partial charge on any atom is 0.328 e. The Bertz CT molecular complexity index is 599. The first kappa shape index (κ1) is 15.0. The summed E-state index contributed by atoms with van der Waals surface area (Å²) in [6, 6.07) is 3.93. The molecule has 1 unspecified atom stereocenters. The predicted octanol–water partition coefficient (Wildman–Crippen LogP) is 1.68. The summed E-state index contributed by atoms with van der Waals surface area (Å²) in [6.45, 7) is 1.97. The number of carbonyl (C=O) groups is 2. The van der Waals surface area contributed by atoms with Crippen molar-refractivity contribution in [2.75, 3.05) is 13.7 Å². The number of benzene rings is 1. The lowest BCUT2D eigenvalue weighted by molar-refractivity contribution is -0.385. The lowest BCUT2D eigenvalue weighted by Gasteiger charge is -2.22. The fourth-order valence-corrected chi connectivity index (χ4v) is 2.62. The molecule has 0 radical (unpaired) electrons. The summed E-state index contributed by atoms with van der Waals surface area (Å²) < 4.78 is 4.69. The topological polar surface area (TPSA) is 89.8 Å². The SMILES string of the molecule is COC(=O)C1CCCN1C(=O)c1cccc(C)c1[N+](=O)[O-]. The number of para-hydroxylation sites is 1. The first-order valence-corrected chi connectivity index (χ1v) is 6.60. The van der Waals surface area contributed by atoms with Gasteiger partial charge in [-0.05, 0) is 25.8 Å². The van der Waals surface area contributed by atoms with Gasteiger partial charge >= 0.3 is 5.97 Å². The van der Waals surface area contributed by atoms with Gasteiger partial charge in [0.2, 0.25) is 0 Å². The summed E-state index contributed by atoms with van der Waals surface area (Å²) in [7, 11) is 1.26. The third-order valence-electron chi connectivity index (χ3n) is 3.64. The molecule has 1 heterocycles. The van der Waals surface area contributed by atoms with Crippen LogP contribution in [0.3, 0.4) is 0 Å². The summed E-state index contributed by atoms with van der Waals surface area (Å²) in [4.78, 5) is 36.2. The molecule has 0 aliphatic carbocycles. The third-order valence-corrected chi connectivity index (χ3v) is 3.64. The van der Waals surface area contributed by atoms with Crippen molar-refractivity contribution in [3.63, 3.8) is 0 Å². The van der Waals surface area contributed by atoms with E-state index in [0.29, 0.717) is 24.9 Å². The van der Waals surface area contributed by atoms with Crippen LogP contribution in [-0.2, 0) is 9.53 Å². The minimum atomic E-state index is -0.664. The van der Waals surface area contributed by atoms with Gasteiger partial charge in [-0.15, -0.1) is 0 Å². The molecule has 1 aromatic carbocycles. The van der Waals surface area contributed by atoms with Gasteiger partial charge in [-0.3, -0.25) is 14.9 Å². The fraction of sp³-hybridized carbons (Fsp3) is 0.429. The van der Waals surface area contributed by atoms with E-state index in [2.05, 4.69) is 4.74 Å². The van der Waals surface area contributed by atoms with Crippen LogP contribution in [0.15, 0.2) is 18.2 Å². The first-order chi connectivity index (χ1) is 9.97. The molecule has 21 heavy (non-hydrogen) atoms. The van der Waals surface area contributed by atoms with Gasteiger partial charge in [-0.1, -0.05) is 12.1 Å². The van der Waals surface area contributed by atoms with Crippen LogP contribution in [0.25, 0.3) is 0 Å². The number of nitro groups is 1. The lowest BCUT2D eigenvalue weighted by Crippen LogP contribution is -2.41. The smallest absolute Gasteiger partial charge is 0.328 e. The Kier molecular flexibility index (Phi) is 4.21. The van der Waals surface area contributed by atoms with E-state index in [0.717, 1.165) is 0 Å². The molecule has 1 aliphatic rings. The molecule has 1 saturated heterocycles. The number of hydrogen-bond donors (Lipinski definition) is 0. The number of nitrogens with zero attached hydrogens (tertiary/aromatic N) is 2. The highest BCUT2D eigenvalue weighted by atomic mass is 16.6. The van der Waals surface area contributed by atoms with E-state index < -0.39 is 22.8 Å². The summed E-state index contributed by atoms with van der Waals surface area (Å²) in [5, 5.41) is 11.2. The Hall–Kier alpha value is -2.44. The van der Waals surface area contributed by atoms with E-state index in [4.69, 9.17) is 0 Å². The molecule has 2 rings (SSSR count). The maximum atomic E-state index is 12.6. The number of nitro benzene ring substituents is 1. The van der Waals surface area contributed by atoms with Crippen LogP contribution < -0.4 is 0 Å². The zero-order valence-corrected chi connectivity index (χ0v) is 11.9. The Labute approximate surface area is 121 Å². The first-order valence-electron chi connectivity index (χ1n) is 6.60. The maximum absolute atomic E-state index is 12.6. The van der Waals surface area contributed by atoms with E-state index in [1.165, 1.54) is 18.1 Å². The van der Waals surface area contributed by atoms with Crippen LogP contribution in [0.2, 0.25) is 0 Å². The fourth-order valence-electron chi connectivity index (χ4n) is 2.62. The molecule has 1 aromatic rings. The zero-order valence-electron chi connectivity index (χ0n) is 11.9. The van der Waals surface area contributed by atoms with E-state index in [-0.39, 0.29) is 11.3 Å². The molecule has 0 spiro atoms. The highest BCUT2D eigenvalue weighted by molar-refractivity contribution is 6.00. The number of rotatable bonds is 3. The zero-order chi connectivity index (χ0) is 15.6. The molecule has 1 atom stereocenters. The molecule has 112 valence electrons. The number of ether oxygens (including phenoxy) is 1. The van der Waals surface area contributed by atoms with Gasteiger partial charge in [0.05, 0.1) is 12.0 Å². The largest absolute Gasteiger partial charge is 0.467 e. The van der Waals surface area contributed by atoms with Crippen LogP contribution in [0.1, 0.15) is 28.8 Å². The van der Waals surface area contributed by atoms with Crippen molar-refractivity contribution < 1.29 is 19.2 Å². The van der Waals surface area contributed by atoms with Gasteiger partial charge in [0.25, 0.3) is 11.6 Å². The molecule has 0 saturated carbocycles. The number of amides is 1. The average molecular weight is 292 g/mol. The van der Waals surface area contributed by atoms with Gasteiger partial charge in [-0.25, -0.2) is 4.79 Å². The van der Waals surface area contributed by atoms with E-state index >= 15 is 0 Å². The second-order valence-electron chi connectivity index (χ2n) is 4.91. The van der Waals surface area contributed by atoms with Crippen LogP contribution in [0.5, 0.6) is 0 Å². The Morgan fingerprint density at radius 3 is 2.76 bits per heavy atom. The molecule has 7 heteroatoms. The quantitative estimate of drug-likeness (QED) is 0.480. The molecule has 7 nitrogen and oxygen atoms in total. The number of esters is 1. The number of methoxy groups -OCH3 is 1. The summed E-state index contributed by atoms with van der Waals surface area (Å²) in [5.41, 5.74) is 0.216. The third kappa shape index (κ3) is 2.72. The molecule has 1 amide bonds. The number of carbonyl (C=O) groups excluding carboxylic acids is 2. The van der Waals surface area contributed by atoms with Gasteiger partial charge in [0.15, 0.2) is 0 Å². The molecule has 1 aliphatic heterocycles. The van der Waals surface area contributed by atoms with Crippen molar-refractivity contribution in [3.8, 4) is 0 Å². The molecular formula is C14H16N2O5. The molecular weight excluding hydrogens is 276 g/mol. The normalized spacial score (nSPS) is 17.6. The van der Waals surface area contributed by atoms with E-state index in [9.17, 15) is 19.7 Å². The summed E-state index contributed by atoms with van der Waals surface area (Å²) >= 11 is 0. The monoisotopic (exact) mass is 292 g/mol. The van der Waals surface area contributed by atoms with Crippen LogP contribution in [0, 0.1) is 17.0 Å². The van der Waals surface area contributed by atoms with Gasteiger partial charge in [0, 0.05) is 12.1 Å². The number of hydrogen-bond acceptors (Lipinski definition) is 5. The van der Waals surface area contributed by atoms with Crippen molar-refractivity contribution in [3.05, 3.63) is 39.4 Å². The van der Waals surface area contributed by atoms with Crippen molar-refractivity contribution in [2.24, 2.45) is 0 Å². The van der Waals surface area contributed by atoms with Gasteiger partial charge in [-0.2, -0.15) is 0 Å². The number of likely N-dealkylation sites (tertiary alicyclic amines) is 1. The molecule has 0 aromatic heterocycles. The van der Waals surface area contributed by atoms with Crippen LogP contribution in [0.4, 0.5) is 5.69 Å². The molecule has 0 N–H and O–H groups in total. The highest BCUT2D eigenvalue weighted by Crippen LogP contribution is 2.28.